The molecule has 0 aliphatic rings. The molecule has 4 rings (SSSR count). The van der Waals surface area contributed by atoms with Crippen molar-refractivity contribution in [2.45, 2.75) is 6.36 Å². The number of hydrogen-bond acceptors (Lipinski definition) is 3. The molecule has 0 amide bonds. The highest BCUT2D eigenvalue weighted by Gasteiger charge is 2.31. The number of aromatic nitrogens is 1. The highest BCUT2D eigenvalue weighted by Crippen LogP contribution is 2.33. The van der Waals surface area contributed by atoms with E-state index in [2.05, 4.69) is 4.74 Å². The Labute approximate surface area is 179 Å². The zero-order valence-electron chi connectivity index (χ0n) is 16.3. The van der Waals surface area contributed by atoms with Crippen LogP contribution in [0, 0.1) is 5.82 Å². The van der Waals surface area contributed by atoms with Gasteiger partial charge in [-0.15, -0.1) is 13.2 Å². The monoisotopic (exact) mass is 441 g/mol. The van der Waals surface area contributed by atoms with E-state index in [0.717, 1.165) is 12.1 Å². The molecule has 0 fully saturated rings. The van der Waals surface area contributed by atoms with Crippen LogP contribution in [0.5, 0.6) is 17.2 Å². The van der Waals surface area contributed by atoms with Crippen LogP contribution in [0.2, 0.25) is 0 Å². The first-order valence-electron chi connectivity index (χ1n) is 9.40. The van der Waals surface area contributed by atoms with Gasteiger partial charge in [-0.3, -0.25) is 9.36 Å². The van der Waals surface area contributed by atoms with Crippen molar-refractivity contribution in [3.05, 3.63) is 107 Å². The Morgan fingerprint density at radius 2 is 1.44 bits per heavy atom. The second kappa shape index (κ2) is 8.58. The van der Waals surface area contributed by atoms with E-state index in [1.54, 1.807) is 24.3 Å². The maximum absolute atomic E-state index is 13.4. The predicted octanol–water partition coefficient (Wildman–Crippen LogP) is 6.33. The molecule has 162 valence electrons. The third-order valence-electron chi connectivity index (χ3n) is 4.49. The normalized spacial score (nSPS) is 11.2. The summed E-state index contributed by atoms with van der Waals surface area (Å²) in [6.45, 7) is 0. The zero-order chi connectivity index (χ0) is 22.7. The molecule has 0 unspecified atom stereocenters. The highest BCUT2D eigenvalue weighted by molar-refractivity contribution is 5.70. The first-order chi connectivity index (χ1) is 15.3. The Morgan fingerprint density at radius 1 is 0.781 bits per heavy atom. The summed E-state index contributed by atoms with van der Waals surface area (Å²) < 4.78 is 61.7. The number of ether oxygens (including phenoxy) is 2. The molecule has 1 aromatic heterocycles. The lowest BCUT2D eigenvalue weighted by Gasteiger charge is -2.15. The first kappa shape index (κ1) is 21.2. The van der Waals surface area contributed by atoms with Crippen molar-refractivity contribution in [3.63, 3.8) is 0 Å². The number of pyridine rings is 1. The van der Waals surface area contributed by atoms with Crippen LogP contribution in [-0.4, -0.2) is 10.9 Å². The van der Waals surface area contributed by atoms with E-state index < -0.39 is 23.5 Å². The van der Waals surface area contributed by atoms with Gasteiger partial charge in [0.2, 0.25) is 0 Å². The topological polar surface area (TPSA) is 40.5 Å². The molecular weight excluding hydrogens is 426 g/mol. The van der Waals surface area contributed by atoms with Gasteiger partial charge in [0.05, 0.1) is 0 Å². The minimum atomic E-state index is -4.81. The first-order valence-corrected chi connectivity index (χ1v) is 9.40. The molecule has 32 heavy (non-hydrogen) atoms. The lowest BCUT2D eigenvalue weighted by atomic mass is 10.1. The van der Waals surface area contributed by atoms with Crippen LogP contribution in [0.15, 0.2) is 95.9 Å². The van der Waals surface area contributed by atoms with Gasteiger partial charge in [0.1, 0.15) is 23.1 Å². The predicted molar refractivity (Wildman–Crippen MR) is 111 cm³/mol. The van der Waals surface area contributed by atoms with E-state index in [0.29, 0.717) is 22.6 Å². The smallest absolute Gasteiger partial charge is 0.456 e. The molecular formula is C24H15F4NO3. The van der Waals surface area contributed by atoms with Gasteiger partial charge in [-0.25, -0.2) is 4.39 Å². The minimum absolute atomic E-state index is 0.251. The van der Waals surface area contributed by atoms with Gasteiger partial charge in [0.25, 0.3) is 5.56 Å². The van der Waals surface area contributed by atoms with Gasteiger partial charge < -0.3 is 9.47 Å². The summed E-state index contributed by atoms with van der Waals surface area (Å²) in [7, 11) is 0. The third-order valence-corrected chi connectivity index (χ3v) is 4.49. The van der Waals surface area contributed by atoms with Crippen LogP contribution in [0.1, 0.15) is 0 Å². The van der Waals surface area contributed by atoms with Gasteiger partial charge >= 0.3 is 6.36 Å². The Morgan fingerprint density at radius 3 is 2.06 bits per heavy atom. The third kappa shape index (κ3) is 4.97. The van der Waals surface area contributed by atoms with Crippen LogP contribution in [-0.2, 0) is 0 Å². The van der Waals surface area contributed by atoms with Crippen molar-refractivity contribution in [2.75, 3.05) is 0 Å². The number of para-hydroxylation sites is 1. The SMILES string of the molecule is O=c1cc(Oc2ccccc2)c(-c2ccc(F)cc2)cn1-c1ccc(OC(F)(F)F)cc1. The van der Waals surface area contributed by atoms with Crippen LogP contribution in [0.4, 0.5) is 17.6 Å². The number of halogens is 4. The molecule has 4 nitrogen and oxygen atoms in total. The molecule has 8 heteroatoms. The summed E-state index contributed by atoms with van der Waals surface area (Å²) in [6, 6.07) is 20.6. The number of alkyl halides is 3. The molecule has 0 radical (unpaired) electrons. The molecule has 0 aliphatic heterocycles. The number of rotatable bonds is 5. The lowest BCUT2D eigenvalue weighted by molar-refractivity contribution is -0.274. The van der Waals surface area contributed by atoms with Crippen molar-refractivity contribution in [2.24, 2.45) is 0 Å². The van der Waals surface area contributed by atoms with Gasteiger partial charge in [-0.05, 0) is 54.1 Å². The van der Waals surface area contributed by atoms with E-state index in [1.165, 1.54) is 53.2 Å². The van der Waals surface area contributed by atoms with Crippen LogP contribution in [0.25, 0.3) is 16.8 Å². The summed E-state index contributed by atoms with van der Waals surface area (Å²) in [5.74, 6) is -0.0762. The summed E-state index contributed by atoms with van der Waals surface area (Å²) >= 11 is 0. The van der Waals surface area contributed by atoms with Gasteiger partial charge in [-0.2, -0.15) is 0 Å². The number of hydrogen-bond donors (Lipinski definition) is 0. The average Bonchev–Trinajstić information content (AvgIpc) is 2.75. The maximum atomic E-state index is 13.4. The fourth-order valence-corrected chi connectivity index (χ4v) is 3.07. The van der Waals surface area contributed by atoms with E-state index >= 15 is 0 Å². The largest absolute Gasteiger partial charge is 0.573 e. The fourth-order valence-electron chi connectivity index (χ4n) is 3.07. The van der Waals surface area contributed by atoms with Crippen LogP contribution >= 0.6 is 0 Å². The second-order valence-corrected chi connectivity index (χ2v) is 6.72. The summed E-state index contributed by atoms with van der Waals surface area (Å²) in [6.07, 6.45) is -3.32. The number of nitrogens with zero attached hydrogens (tertiary/aromatic N) is 1. The Kier molecular flexibility index (Phi) is 5.68. The highest BCUT2D eigenvalue weighted by atomic mass is 19.4. The average molecular weight is 441 g/mol. The van der Waals surface area contributed by atoms with Crippen molar-refractivity contribution in [1.29, 1.82) is 0 Å². The molecule has 0 saturated heterocycles. The van der Waals surface area contributed by atoms with Gasteiger partial charge in [0.15, 0.2) is 0 Å². The van der Waals surface area contributed by atoms with E-state index in [4.69, 9.17) is 4.74 Å². The van der Waals surface area contributed by atoms with Crippen molar-refractivity contribution in [1.82, 2.24) is 4.57 Å². The molecule has 4 aromatic rings. The Balaban J connectivity index is 1.78. The number of benzene rings is 3. The quantitative estimate of drug-likeness (QED) is 0.340. The molecule has 3 aromatic carbocycles. The second-order valence-electron chi connectivity index (χ2n) is 6.72. The Bertz CT molecular complexity index is 1270. The molecule has 0 atom stereocenters. The van der Waals surface area contributed by atoms with Crippen molar-refractivity contribution < 1.29 is 27.0 Å². The van der Waals surface area contributed by atoms with Gasteiger partial charge in [-0.1, -0.05) is 30.3 Å². The summed E-state index contributed by atoms with van der Waals surface area (Å²) in [5, 5.41) is 0. The van der Waals surface area contributed by atoms with Crippen molar-refractivity contribution >= 4 is 0 Å². The van der Waals surface area contributed by atoms with Crippen LogP contribution in [0.3, 0.4) is 0 Å². The van der Waals surface area contributed by atoms with Gasteiger partial charge in [0, 0.05) is 23.5 Å². The van der Waals surface area contributed by atoms with E-state index in [9.17, 15) is 22.4 Å². The fraction of sp³-hybridized carbons (Fsp3) is 0.0417. The van der Waals surface area contributed by atoms with Crippen molar-refractivity contribution in [3.8, 4) is 34.1 Å². The maximum Gasteiger partial charge on any atom is 0.573 e. The lowest BCUT2D eigenvalue weighted by Crippen LogP contribution is -2.18. The molecule has 0 N–H and O–H groups in total. The Hall–Kier alpha value is -4.07. The van der Waals surface area contributed by atoms with Crippen LogP contribution < -0.4 is 15.0 Å². The van der Waals surface area contributed by atoms with E-state index in [-0.39, 0.29) is 5.75 Å². The molecule has 0 bridgehead atoms. The van der Waals surface area contributed by atoms with E-state index in [1.807, 2.05) is 6.07 Å². The standard InChI is InChI=1S/C24H15F4NO3/c25-17-8-6-16(7-9-17)21-15-29(18-10-12-20(13-11-18)32-24(26,27)28)23(30)14-22(21)31-19-4-2-1-3-5-19/h1-15H. The summed E-state index contributed by atoms with van der Waals surface area (Å²) in [4.78, 5) is 12.8. The zero-order valence-corrected chi connectivity index (χ0v) is 16.3. The summed E-state index contributed by atoms with van der Waals surface area (Å²) in [5.41, 5.74) is 0.928. The minimum Gasteiger partial charge on any atom is -0.456 e. The molecule has 0 saturated carbocycles. The molecule has 0 spiro atoms. The molecule has 0 aliphatic carbocycles. The molecule has 1 heterocycles.